The molecule has 0 spiro atoms. The molecule has 0 bridgehead atoms. The van der Waals surface area contributed by atoms with Gasteiger partial charge < -0.3 is 5.11 Å². The van der Waals surface area contributed by atoms with Gasteiger partial charge in [0.15, 0.2) is 5.82 Å². The number of hydrogen-bond acceptors (Lipinski definition) is 7. The standard InChI is InChI=1S/C7H7N5O3S/c13-2-4-9-7-8-3(6(14)11-15)1-5(16)12(7)10-4/h1,13,15-16H,2H2,(H,11,14). The van der Waals surface area contributed by atoms with Crippen molar-refractivity contribution in [3.8, 4) is 0 Å². The lowest BCUT2D eigenvalue weighted by Gasteiger charge is -2.00. The van der Waals surface area contributed by atoms with Crippen molar-refractivity contribution in [3.63, 3.8) is 0 Å². The van der Waals surface area contributed by atoms with Gasteiger partial charge in [-0.05, 0) is 0 Å². The number of aliphatic hydroxyl groups excluding tert-OH is 1. The minimum atomic E-state index is -0.772. The van der Waals surface area contributed by atoms with Crippen LogP contribution in [0.25, 0.3) is 5.78 Å². The first-order valence-corrected chi connectivity index (χ1v) is 4.61. The smallest absolute Gasteiger partial charge is 0.293 e. The number of fused-ring (bicyclic) bond motifs is 1. The van der Waals surface area contributed by atoms with Crippen LogP contribution in [0.15, 0.2) is 11.1 Å². The third-order valence-corrected chi connectivity index (χ3v) is 2.13. The highest BCUT2D eigenvalue weighted by molar-refractivity contribution is 7.80. The van der Waals surface area contributed by atoms with Crippen LogP contribution in [0, 0.1) is 0 Å². The van der Waals surface area contributed by atoms with Crippen LogP contribution in [0.5, 0.6) is 0 Å². The number of nitrogens with one attached hydrogen (secondary N) is 1. The van der Waals surface area contributed by atoms with Crippen molar-refractivity contribution in [2.75, 3.05) is 0 Å². The Bertz CT molecular complexity index is 554. The molecule has 2 heterocycles. The van der Waals surface area contributed by atoms with Crippen LogP contribution < -0.4 is 5.48 Å². The summed E-state index contributed by atoms with van der Waals surface area (Å²) in [6.45, 7) is -0.335. The average molecular weight is 241 g/mol. The number of thiol groups is 1. The SMILES string of the molecule is O=C(NO)c1cc(S)n2nc(CO)nc2n1. The monoisotopic (exact) mass is 241 g/mol. The Balaban J connectivity index is 2.61. The van der Waals surface area contributed by atoms with E-state index in [1.807, 2.05) is 0 Å². The molecule has 0 aliphatic carbocycles. The zero-order chi connectivity index (χ0) is 11.7. The largest absolute Gasteiger partial charge is 0.388 e. The van der Waals surface area contributed by atoms with Gasteiger partial charge in [-0.15, -0.1) is 17.7 Å². The van der Waals surface area contributed by atoms with Crippen molar-refractivity contribution >= 4 is 24.3 Å². The number of hydroxylamine groups is 1. The number of carbonyl (C=O) groups is 1. The molecule has 2 aromatic heterocycles. The zero-order valence-electron chi connectivity index (χ0n) is 7.82. The highest BCUT2D eigenvalue weighted by Gasteiger charge is 2.12. The molecule has 0 saturated heterocycles. The summed E-state index contributed by atoms with van der Waals surface area (Å²) in [5.41, 5.74) is 1.41. The van der Waals surface area contributed by atoms with Crippen LogP contribution in [0.4, 0.5) is 0 Å². The lowest BCUT2D eigenvalue weighted by atomic mass is 10.4. The van der Waals surface area contributed by atoms with Crippen LogP contribution >= 0.6 is 12.6 Å². The Kier molecular flexibility index (Phi) is 2.73. The molecule has 0 aliphatic heterocycles. The van der Waals surface area contributed by atoms with Crippen molar-refractivity contribution in [2.24, 2.45) is 0 Å². The summed E-state index contributed by atoms with van der Waals surface area (Å²) in [5, 5.41) is 21.5. The number of hydrogen-bond donors (Lipinski definition) is 4. The highest BCUT2D eigenvalue weighted by Crippen LogP contribution is 2.10. The first-order chi connectivity index (χ1) is 7.65. The van der Waals surface area contributed by atoms with E-state index < -0.39 is 5.91 Å². The van der Waals surface area contributed by atoms with E-state index in [2.05, 4.69) is 27.7 Å². The van der Waals surface area contributed by atoms with E-state index in [0.29, 0.717) is 5.03 Å². The first-order valence-electron chi connectivity index (χ1n) is 4.16. The molecule has 0 radical (unpaired) electrons. The number of nitrogens with zero attached hydrogens (tertiary/aromatic N) is 4. The molecule has 1 amide bonds. The summed E-state index contributed by atoms with van der Waals surface area (Å²) < 4.78 is 1.27. The van der Waals surface area contributed by atoms with Gasteiger partial charge in [0.25, 0.3) is 11.7 Å². The van der Waals surface area contributed by atoms with Gasteiger partial charge in [0.2, 0.25) is 0 Å². The van der Waals surface area contributed by atoms with Crippen LogP contribution in [0.2, 0.25) is 0 Å². The van der Waals surface area contributed by atoms with Gasteiger partial charge >= 0.3 is 0 Å². The fraction of sp³-hybridized carbons (Fsp3) is 0.143. The van der Waals surface area contributed by atoms with Gasteiger partial charge in [-0.2, -0.15) is 9.50 Å². The van der Waals surface area contributed by atoms with Crippen LogP contribution in [0.1, 0.15) is 16.3 Å². The molecule has 3 N–H and O–H groups in total. The van der Waals surface area contributed by atoms with E-state index in [-0.39, 0.29) is 23.9 Å². The molecule has 0 aromatic carbocycles. The maximum atomic E-state index is 11.1. The van der Waals surface area contributed by atoms with Gasteiger partial charge in [-0.1, -0.05) is 0 Å². The van der Waals surface area contributed by atoms with Gasteiger partial charge in [0.1, 0.15) is 17.3 Å². The number of carbonyl (C=O) groups excluding carboxylic acids is 1. The van der Waals surface area contributed by atoms with E-state index in [9.17, 15) is 4.79 Å². The molecule has 0 aliphatic rings. The van der Waals surface area contributed by atoms with Crippen molar-refractivity contribution < 1.29 is 15.1 Å². The maximum Gasteiger partial charge on any atom is 0.293 e. The first kappa shape index (κ1) is 10.8. The van der Waals surface area contributed by atoms with E-state index in [1.54, 1.807) is 0 Å². The van der Waals surface area contributed by atoms with Gasteiger partial charge in [0, 0.05) is 6.07 Å². The fourth-order valence-corrected chi connectivity index (χ4v) is 1.39. The van der Waals surface area contributed by atoms with E-state index in [1.165, 1.54) is 16.1 Å². The molecular weight excluding hydrogens is 234 g/mol. The Morgan fingerprint density at radius 2 is 2.31 bits per heavy atom. The van der Waals surface area contributed by atoms with Crippen molar-refractivity contribution in [1.29, 1.82) is 0 Å². The number of aliphatic hydroxyl groups is 1. The predicted octanol–water partition coefficient (Wildman–Crippen LogP) is -0.976. The molecule has 2 rings (SSSR count). The lowest BCUT2D eigenvalue weighted by Crippen LogP contribution is -2.20. The molecule has 0 unspecified atom stereocenters. The third-order valence-electron chi connectivity index (χ3n) is 1.81. The van der Waals surface area contributed by atoms with Gasteiger partial charge in [-0.25, -0.2) is 10.5 Å². The quantitative estimate of drug-likeness (QED) is 0.233. The Labute approximate surface area is 94.3 Å². The Morgan fingerprint density at radius 1 is 1.56 bits per heavy atom. The minimum absolute atomic E-state index is 0.0445. The summed E-state index contributed by atoms with van der Waals surface area (Å²) in [5.74, 6) is -0.481. The number of rotatable bonds is 2. The van der Waals surface area contributed by atoms with Gasteiger partial charge in [-0.3, -0.25) is 10.0 Å². The van der Waals surface area contributed by atoms with Crippen LogP contribution in [-0.2, 0) is 6.61 Å². The second kappa shape index (κ2) is 4.04. The highest BCUT2D eigenvalue weighted by atomic mass is 32.1. The molecule has 84 valence electrons. The summed E-state index contributed by atoms with van der Waals surface area (Å²) in [4.78, 5) is 18.8. The lowest BCUT2D eigenvalue weighted by molar-refractivity contribution is 0.0700. The number of amides is 1. The average Bonchev–Trinajstić information content (AvgIpc) is 2.71. The summed E-state index contributed by atoms with van der Waals surface area (Å²) in [7, 11) is 0. The van der Waals surface area contributed by atoms with E-state index in [4.69, 9.17) is 10.3 Å². The fourth-order valence-electron chi connectivity index (χ4n) is 1.14. The van der Waals surface area contributed by atoms with Crippen LogP contribution in [-0.4, -0.2) is 35.8 Å². The molecule has 0 saturated carbocycles. The summed E-state index contributed by atoms with van der Waals surface area (Å²) in [6, 6.07) is 1.32. The molecule has 0 atom stereocenters. The Morgan fingerprint density at radius 3 is 2.94 bits per heavy atom. The van der Waals surface area contributed by atoms with E-state index >= 15 is 0 Å². The molecule has 9 heteroatoms. The zero-order valence-corrected chi connectivity index (χ0v) is 8.72. The van der Waals surface area contributed by atoms with Crippen LogP contribution in [0.3, 0.4) is 0 Å². The number of aromatic nitrogens is 4. The molecule has 16 heavy (non-hydrogen) atoms. The molecule has 0 fully saturated rings. The normalized spacial score (nSPS) is 10.7. The molecule has 2 aromatic rings. The predicted molar refractivity (Wildman–Crippen MR) is 53.2 cm³/mol. The van der Waals surface area contributed by atoms with Crippen molar-refractivity contribution in [3.05, 3.63) is 17.6 Å². The maximum absolute atomic E-state index is 11.1. The topological polar surface area (TPSA) is 113 Å². The Hall–Kier alpha value is -1.71. The third kappa shape index (κ3) is 1.71. The second-order valence-electron chi connectivity index (χ2n) is 2.84. The van der Waals surface area contributed by atoms with Crippen molar-refractivity contribution in [1.82, 2.24) is 25.1 Å². The summed E-state index contributed by atoms with van der Waals surface area (Å²) in [6.07, 6.45) is 0. The van der Waals surface area contributed by atoms with E-state index in [0.717, 1.165) is 0 Å². The van der Waals surface area contributed by atoms with Crippen molar-refractivity contribution in [2.45, 2.75) is 11.6 Å². The molecular formula is C7H7N5O3S. The molecule has 8 nitrogen and oxygen atoms in total. The second-order valence-corrected chi connectivity index (χ2v) is 3.30. The summed E-state index contributed by atoms with van der Waals surface area (Å²) >= 11 is 4.08. The van der Waals surface area contributed by atoms with Gasteiger partial charge in [0.05, 0.1) is 0 Å². The minimum Gasteiger partial charge on any atom is -0.388 e.